The number of amides is 2. The lowest BCUT2D eigenvalue weighted by atomic mass is 9.87. The SMILES string of the molecule is CCCCCCc1ccc(C(=O)CC(CCN)C(=O)N(C)C2C(=O)CC(C)C(=O)NC(C(=O)CCC(=N)C(C)C)Cc3ccc(OCCN)c(c3)-c3cc2ccc3OCCN)c(C)c1. The summed E-state index contributed by atoms with van der Waals surface area (Å²) in [4.78, 5) is 72.6. The summed E-state index contributed by atoms with van der Waals surface area (Å²) in [6.07, 6.45) is 5.82. The van der Waals surface area contributed by atoms with Crippen molar-refractivity contribution in [3.05, 3.63) is 82.4 Å². The van der Waals surface area contributed by atoms with Crippen molar-refractivity contribution in [3.63, 3.8) is 0 Å². The van der Waals surface area contributed by atoms with Gasteiger partial charge in [-0.1, -0.05) is 77.3 Å². The van der Waals surface area contributed by atoms with E-state index in [9.17, 15) is 24.0 Å². The molecule has 1 heterocycles. The van der Waals surface area contributed by atoms with Crippen LogP contribution in [-0.2, 0) is 32.0 Å². The number of carbonyl (C=O) groups is 5. The molecule has 4 unspecified atom stereocenters. The van der Waals surface area contributed by atoms with Gasteiger partial charge in [-0.15, -0.1) is 0 Å². The lowest BCUT2D eigenvalue weighted by Gasteiger charge is -2.32. The van der Waals surface area contributed by atoms with Crippen molar-refractivity contribution in [2.75, 3.05) is 39.9 Å². The van der Waals surface area contributed by atoms with Gasteiger partial charge < -0.3 is 42.3 Å². The number of nitrogens with zero attached hydrogens (tertiary/aromatic N) is 1. The van der Waals surface area contributed by atoms with Crippen LogP contribution in [0.3, 0.4) is 0 Å². The summed E-state index contributed by atoms with van der Waals surface area (Å²) in [5.41, 5.74) is 23.1. The zero-order chi connectivity index (χ0) is 46.9. The van der Waals surface area contributed by atoms with Crippen molar-refractivity contribution in [1.82, 2.24) is 10.2 Å². The number of benzene rings is 3. The summed E-state index contributed by atoms with van der Waals surface area (Å²) in [5, 5.41) is 11.3. The second kappa shape index (κ2) is 25.3. The first-order valence-electron chi connectivity index (χ1n) is 23.1. The number of aryl methyl sites for hydroxylation is 2. The predicted octanol–water partition coefficient (Wildman–Crippen LogP) is 6.86. The normalized spacial score (nSPS) is 17.0. The average molecular weight is 881 g/mol. The number of nitrogens with one attached hydrogen (secondary N) is 2. The molecule has 4 bridgehead atoms. The molecule has 0 fully saturated rings. The summed E-state index contributed by atoms with van der Waals surface area (Å²) < 4.78 is 12.3. The van der Waals surface area contributed by atoms with Gasteiger partial charge in [-0.25, -0.2) is 0 Å². The lowest BCUT2D eigenvalue weighted by Crippen LogP contribution is -2.46. The summed E-state index contributed by atoms with van der Waals surface area (Å²) in [6, 6.07) is 14.5. The molecule has 3 aromatic carbocycles. The number of rotatable bonds is 23. The molecule has 348 valence electrons. The Morgan fingerprint density at radius 1 is 0.859 bits per heavy atom. The van der Waals surface area contributed by atoms with E-state index in [0.29, 0.717) is 39.5 Å². The van der Waals surface area contributed by atoms with Crippen molar-refractivity contribution in [2.24, 2.45) is 35.0 Å². The molecule has 1 aliphatic rings. The molecular weight excluding hydrogens is 809 g/mol. The molecule has 3 aromatic rings. The number of carbonyl (C=O) groups excluding carboxylic acids is 5. The fraction of sp³-hybridized carbons (Fsp3) is 0.529. The highest BCUT2D eigenvalue weighted by molar-refractivity contribution is 6.01. The fourth-order valence-electron chi connectivity index (χ4n) is 8.29. The minimum absolute atomic E-state index is 0.0252. The smallest absolute Gasteiger partial charge is 0.226 e. The first-order valence-corrected chi connectivity index (χ1v) is 23.1. The minimum Gasteiger partial charge on any atom is -0.492 e. The van der Waals surface area contributed by atoms with Crippen LogP contribution >= 0.6 is 0 Å². The molecule has 2 amide bonds. The highest BCUT2D eigenvalue weighted by atomic mass is 16.5. The summed E-state index contributed by atoms with van der Waals surface area (Å²) in [6.45, 7) is 10.5. The Kier molecular flexibility index (Phi) is 20.3. The number of hydrogen-bond acceptors (Lipinski definition) is 11. The topological polar surface area (TPSA) is 221 Å². The van der Waals surface area contributed by atoms with E-state index in [2.05, 4.69) is 12.2 Å². The van der Waals surface area contributed by atoms with Gasteiger partial charge in [-0.05, 0) is 98.0 Å². The average Bonchev–Trinajstić information content (AvgIpc) is 3.27. The zero-order valence-electron chi connectivity index (χ0n) is 38.9. The van der Waals surface area contributed by atoms with Gasteiger partial charge in [0.1, 0.15) is 30.8 Å². The van der Waals surface area contributed by atoms with E-state index in [1.807, 2.05) is 51.1 Å². The molecule has 13 heteroatoms. The molecule has 13 nitrogen and oxygen atoms in total. The van der Waals surface area contributed by atoms with E-state index in [4.69, 9.17) is 32.1 Å². The molecule has 0 saturated heterocycles. The van der Waals surface area contributed by atoms with Crippen LogP contribution in [0.1, 0.15) is 124 Å². The number of unbranched alkanes of at least 4 members (excludes halogenated alkanes) is 3. The monoisotopic (exact) mass is 881 g/mol. The Labute approximate surface area is 380 Å². The molecule has 0 aromatic heterocycles. The van der Waals surface area contributed by atoms with Crippen molar-refractivity contribution < 1.29 is 33.4 Å². The molecule has 0 radical (unpaired) electrons. The molecule has 64 heavy (non-hydrogen) atoms. The third kappa shape index (κ3) is 14.1. The predicted molar refractivity (Wildman–Crippen MR) is 253 cm³/mol. The maximum Gasteiger partial charge on any atom is 0.226 e. The number of Topliss-reactive ketones (excluding diaryl/α,β-unsaturated/α-hetero) is 3. The van der Waals surface area contributed by atoms with Crippen LogP contribution in [0, 0.1) is 30.1 Å². The Morgan fingerprint density at radius 3 is 2.16 bits per heavy atom. The van der Waals surface area contributed by atoms with Crippen LogP contribution in [-0.4, -0.2) is 85.7 Å². The highest BCUT2D eigenvalue weighted by Gasteiger charge is 2.36. The van der Waals surface area contributed by atoms with Gasteiger partial charge in [0.05, 0.1) is 6.04 Å². The fourth-order valence-corrected chi connectivity index (χ4v) is 8.29. The Bertz CT molecular complexity index is 2100. The van der Waals surface area contributed by atoms with Crippen LogP contribution in [0.2, 0.25) is 0 Å². The Balaban J connectivity index is 1.80. The molecule has 1 aliphatic heterocycles. The van der Waals surface area contributed by atoms with Crippen molar-refractivity contribution in [3.8, 4) is 22.6 Å². The van der Waals surface area contributed by atoms with Crippen LogP contribution < -0.4 is 32.0 Å². The number of nitrogens with two attached hydrogens (primary N) is 3. The van der Waals surface area contributed by atoms with Gasteiger partial charge in [0, 0.05) is 73.6 Å². The maximum atomic E-state index is 14.8. The molecule has 4 atom stereocenters. The van der Waals surface area contributed by atoms with E-state index in [1.165, 1.54) is 16.9 Å². The quantitative estimate of drug-likeness (QED) is 0.0378. The second-order valence-electron chi connectivity index (χ2n) is 17.6. The lowest BCUT2D eigenvalue weighted by molar-refractivity contribution is -0.142. The highest BCUT2D eigenvalue weighted by Crippen LogP contribution is 2.41. The van der Waals surface area contributed by atoms with Gasteiger partial charge in [-0.2, -0.15) is 0 Å². The van der Waals surface area contributed by atoms with Gasteiger partial charge in [0.25, 0.3) is 0 Å². The van der Waals surface area contributed by atoms with Gasteiger partial charge in [0.15, 0.2) is 17.3 Å². The Hall–Kier alpha value is -5.24. The molecule has 0 aliphatic carbocycles. The Morgan fingerprint density at radius 2 is 1.53 bits per heavy atom. The second-order valence-corrected chi connectivity index (χ2v) is 17.6. The van der Waals surface area contributed by atoms with Crippen LogP contribution in [0.15, 0.2) is 54.6 Å². The number of likely N-dealkylation sites (N-methyl/N-ethyl adjacent to an activating group) is 1. The first-order chi connectivity index (χ1) is 30.6. The summed E-state index contributed by atoms with van der Waals surface area (Å²) in [5.74, 6) is -2.57. The first kappa shape index (κ1) is 51.4. The maximum absolute atomic E-state index is 14.8. The van der Waals surface area contributed by atoms with Gasteiger partial charge in [-0.3, -0.25) is 24.0 Å². The van der Waals surface area contributed by atoms with Crippen molar-refractivity contribution in [2.45, 2.75) is 117 Å². The number of ketones is 3. The third-order valence-electron chi connectivity index (χ3n) is 12.1. The van der Waals surface area contributed by atoms with Crippen molar-refractivity contribution in [1.29, 1.82) is 5.41 Å². The molecule has 0 spiro atoms. The standard InChI is InChI=1S/C51H72N6O7/c1-7-8-9-10-11-35-12-15-39(33(4)26-35)45(59)31-38(20-21-52)51(62)57(6)49-37-14-19-48(64-25-23-54)41(30-37)40-28-36(13-18-47(40)63-24-22-53)29-43(44(58)17-16-42(55)32(2)3)56-50(61)34(5)27-46(49)60/h12-15,18-19,26,28,30,32,34,38,43,49,55H,7-11,16-17,20-25,27,29,31,52-54H2,1-6H3,(H,56,61). The van der Waals surface area contributed by atoms with E-state index in [0.717, 1.165) is 36.8 Å². The number of ether oxygens (including phenoxy) is 2. The van der Waals surface area contributed by atoms with E-state index in [1.54, 1.807) is 38.2 Å². The largest absolute Gasteiger partial charge is 0.492 e. The summed E-state index contributed by atoms with van der Waals surface area (Å²) in [7, 11) is 1.55. The number of hydrogen-bond donors (Lipinski definition) is 5. The number of fused-ring (bicyclic) bond motifs is 5. The van der Waals surface area contributed by atoms with E-state index >= 15 is 0 Å². The molecule has 0 saturated carbocycles. The molecule has 8 N–H and O–H groups in total. The van der Waals surface area contributed by atoms with Gasteiger partial charge in [0.2, 0.25) is 11.8 Å². The zero-order valence-corrected chi connectivity index (χ0v) is 38.9. The third-order valence-corrected chi connectivity index (χ3v) is 12.1. The summed E-state index contributed by atoms with van der Waals surface area (Å²) >= 11 is 0. The van der Waals surface area contributed by atoms with Crippen LogP contribution in [0.25, 0.3) is 11.1 Å². The van der Waals surface area contributed by atoms with Crippen LogP contribution in [0.5, 0.6) is 11.5 Å². The molecular formula is C51H72N6O7. The molecule has 4 rings (SSSR count). The van der Waals surface area contributed by atoms with E-state index in [-0.39, 0.29) is 88.9 Å². The minimum atomic E-state index is -1.19. The van der Waals surface area contributed by atoms with Gasteiger partial charge >= 0.3 is 0 Å². The van der Waals surface area contributed by atoms with E-state index < -0.39 is 41.5 Å². The van der Waals surface area contributed by atoms with Crippen LogP contribution in [0.4, 0.5) is 0 Å². The van der Waals surface area contributed by atoms with Crippen molar-refractivity contribution >= 4 is 34.9 Å².